The van der Waals surface area contributed by atoms with Gasteiger partial charge in [-0.1, -0.05) is 47.5 Å². The van der Waals surface area contributed by atoms with Gasteiger partial charge in [-0.2, -0.15) is 0 Å². The van der Waals surface area contributed by atoms with E-state index in [0.717, 1.165) is 16.7 Å². The van der Waals surface area contributed by atoms with Gasteiger partial charge in [0.2, 0.25) is 5.91 Å². The minimum Gasteiger partial charge on any atom is -0.354 e. The van der Waals surface area contributed by atoms with Gasteiger partial charge in [0.05, 0.1) is 25.9 Å². The van der Waals surface area contributed by atoms with Crippen LogP contribution in [0.1, 0.15) is 17.8 Å². The number of amides is 3. The smallest absolute Gasteiger partial charge is 0.293 e. The van der Waals surface area contributed by atoms with Crippen molar-refractivity contribution in [3.05, 3.63) is 79.2 Å². The van der Waals surface area contributed by atoms with Crippen LogP contribution in [-0.2, 0) is 16.0 Å². The number of rotatable bonds is 7. The van der Waals surface area contributed by atoms with E-state index in [9.17, 15) is 19.2 Å². The molecule has 11 heteroatoms. The highest BCUT2D eigenvalue weighted by Gasteiger charge is 2.34. The summed E-state index contributed by atoms with van der Waals surface area (Å²) >= 11 is 13.0. The Kier molecular flexibility index (Phi) is 7.35. The summed E-state index contributed by atoms with van der Waals surface area (Å²) in [6.07, 6.45) is 1.86. The molecule has 0 saturated carbocycles. The standard InChI is InChI=1S/C23H18Cl2N4O4S/c24-15-6-3-4-13(20(15)25)12-17-22(32)29(23(33)34-17)11-10-26-19(30)9-8-18-27-16-7-2-1-5-14(16)21(31)28-18/h1-7,12H,8-11H2,(H,26,30)(H,27,28,31). The number of carbonyl (C=O) groups excluding carboxylic acids is 3. The van der Waals surface area contributed by atoms with E-state index in [0.29, 0.717) is 32.3 Å². The van der Waals surface area contributed by atoms with Crippen molar-refractivity contribution in [1.29, 1.82) is 0 Å². The Morgan fingerprint density at radius 1 is 1.12 bits per heavy atom. The van der Waals surface area contributed by atoms with Gasteiger partial charge in [0.25, 0.3) is 16.7 Å². The summed E-state index contributed by atoms with van der Waals surface area (Å²) in [4.78, 5) is 57.6. The van der Waals surface area contributed by atoms with E-state index in [1.807, 2.05) is 0 Å². The number of H-pyrrole nitrogens is 1. The first kappa shape index (κ1) is 24.0. The van der Waals surface area contributed by atoms with Crippen LogP contribution in [0.4, 0.5) is 4.79 Å². The van der Waals surface area contributed by atoms with E-state index in [4.69, 9.17) is 23.2 Å². The minimum absolute atomic E-state index is 0.0298. The lowest BCUT2D eigenvalue weighted by molar-refractivity contribution is -0.124. The molecule has 1 aliphatic rings. The number of fused-ring (bicyclic) bond motifs is 1. The molecule has 3 aromatic rings. The number of benzene rings is 2. The number of imide groups is 1. The van der Waals surface area contributed by atoms with Crippen molar-refractivity contribution < 1.29 is 14.4 Å². The van der Waals surface area contributed by atoms with Crippen LogP contribution < -0.4 is 10.9 Å². The van der Waals surface area contributed by atoms with Crippen molar-refractivity contribution in [3.63, 3.8) is 0 Å². The van der Waals surface area contributed by atoms with Gasteiger partial charge in [0.1, 0.15) is 5.82 Å². The summed E-state index contributed by atoms with van der Waals surface area (Å²) < 4.78 is 0. The molecule has 1 aliphatic heterocycles. The molecule has 1 fully saturated rings. The second-order valence-electron chi connectivity index (χ2n) is 7.36. The minimum atomic E-state index is -0.460. The first-order valence-corrected chi connectivity index (χ1v) is 11.8. The third-order valence-electron chi connectivity index (χ3n) is 5.05. The Hall–Kier alpha value is -3.14. The molecule has 8 nitrogen and oxygen atoms in total. The number of hydrogen-bond acceptors (Lipinski definition) is 6. The first-order valence-electron chi connectivity index (χ1n) is 10.3. The maximum Gasteiger partial charge on any atom is 0.293 e. The maximum atomic E-state index is 12.6. The number of aromatic nitrogens is 2. The lowest BCUT2D eigenvalue weighted by Crippen LogP contribution is -2.37. The summed E-state index contributed by atoms with van der Waals surface area (Å²) in [6, 6.07) is 12.0. The molecule has 0 spiro atoms. The van der Waals surface area contributed by atoms with E-state index in [1.165, 1.54) is 6.08 Å². The number of nitrogens with one attached hydrogen (secondary N) is 2. The number of nitrogens with zero attached hydrogens (tertiary/aromatic N) is 2. The average molecular weight is 517 g/mol. The zero-order chi connectivity index (χ0) is 24.2. The van der Waals surface area contributed by atoms with Crippen LogP contribution in [-0.4, -0.2) is 45.0 Å². The molecule has 0 radical (unpaired) electrons. The molecule has 0 aliphatic carbocycles. The topological polar surface area (TPSA) is 112 Å². The van der Waals surface area contributed by atoms with Crippen LogP contribution in [0.25, 0.3) is 17.0 Å². The largest absolute Gasteiger partial charge is 0.354 e. The van der Waals surface area contributed by atoms with E-state index < -0.39 is 11.1 Å². The highest BCUT2D eigenvalue weighted by atomic mass is 35.5. The molecule has 34 heavy (non-hydrogen) atoms. The maximum absolute atomic E-state index is 12.6. The van der Waals surface area contributed by atoms with Gasteiger partial charge in [-0.3, -0.25) is 24.1 Å². The zero-order valence-corrected chi connectivity index (χ0v) is 20.0. The van der Waals surface area contributed by atoms with Gasteiger partial charge in [-0.25, -0.2) is 4.98 Å². The fourth-order valence-corrected chi connectivity index (χ4v) is 4.56. The van der Waals surface area contributed by atoms with Crippen molar-refractivity contribution in [1.82, 2.24) is 20.2 Å². The number of hydrogen-bond donors (Lipinski definition) is 2. The van der Waals surface area contributed by atoms with Gasteiger partial charge in [0, 0.05) is 25.9 Å². The molecule has 3 amide bonds. The normalized spacial score (nSPS) is 14.9. The van der Waals surface area contributed by atoms with Gasteiger partial charge in [-0.05, 0) is 41.6 Å². The Morgan fingerprint density at radius 3 is 2.74 bits per heavy atom. The highest BCUT2D eigenvalue weighted by Crippen LogP contribution is 2.34. The quantitative estimate of drug-likeness (QED) is 0.458. The second kappa shape index (κ2) is 10.4. The van der Waals surface area contributed by atoms with Gasteiger partial charge in [0.15, 0.2) is 0 Å². The Morgan fingerprint density at radius 2 is 1.91 bits per heavy atom. The third-order valence-corrected chi connectivity index (χ3v) is 6.79. The van der Waals surface area contributed by atoms with Crippen molar-refractivity contribution in [2.75, 3.05) is 13.1 Å². The monoisotopic (exact) mass is 516 g/mol. The second-order valence-corrected chi connectivity index (χ2v) is 9.13. The highest BCUT2D eigenvalue weighted by molar-refractivity contribution is 8.18. The van der Waals surface area contributed by atoms with Crippen LogP contribution in [0.2, 0.25) is 10.0 Å². The molecule has 2 heterocycles. The summed E-state index contributed by atoms with van der Waals surface area (Å²) in [6.45, 7) is 0.131. The Labute approximate surface area is 208 Å². The molecule has 0 unspecified atom stereocenters. The summed E-state index contributed by atoms with van der Waals surface area (Å²) in [5.74, 6) is -0.336. The third kappa shape index (κ3) is 5.32. The van der Waals surface area contributed by atoms with Gasteiger partial charge in [-0.15, -0.1) is 0 Å². The molecule has 2 N–H and O–H groups in total. The Balaban J connectivity index is 1.30. The summed E-state index contributed by atoms with van der Waals surface area (Å²) in [5, 5.41) is 3.38. The van der Waals surface area contributed by atoms with E-state index >= 15 is 0 Å². The van der Waals surface area contributed by atoms with Crippen molar-refractivity contribution in [2.45, 2.75) is 12.8 Å². The number of aromatic amines is 1. The number of aryl methyl sites for hydroxylation is 1. The predicted molar refractivity (Wildman–Crippen MR) is 133 cm³/mol. The SMILES string of the molecule is O=C(CCc1nc2ccccc2c(=O)[nH]1)NCCN1C(=O)SC(=Cc2cccc(Cl)c2Cl)C1=O. The molecule has 4 rings (SSSR count). The average Bonchev–Trinajstić information content (AvgIpc) is 3.08. The van der Waals surface area contributed by atoms with Crippen molar-refractivity contribution in [3.8, 4) is 0 Å². The molecule has 1 aromatic heterocycles. The van der Waals surface area contributed by atoms with Gasteiger partial charge < -0.3 is 10.3 Å². The van der Waals surface area contributed by atoms with Crippen LogP contribution >= 0.6 is 35.0 Å². The molecule has 1 saturated heterocycles. The number of halogens is 2. The van der Waals surface area contributed by atoms with Crippen LogP contribution in [0, 0.1) is 0 Å². The lowest BCUT2D eigenvalue weighted by atomic mass is 10.2. The Bertz CT molecular complexity index is 1390. The molecular formula is C23H18Cl2N4O4S. The van der Waals surface area contributed by atoms with Crippen LogP contribution in [0.3, 0.4) is 0 Å². The molecular weight excluding hydrogens is 499 g/mol. The van der Waals surface area contributed by atoms with Gasteiger partial charge >= 0.3 is 0 Å². The van der Waals surface area contributed by atoms with Crippen molar-refractivity contribution in [2.24, 2.45) is 0 Å². The zero-order valence-electron chi connectivity index (χ0n) is 17.6. The number of para-hydroxylation sites is 1. The van der Waals surface area contributed by atoms with E-state index in [1.54, 1.807) is 42.5 Å². The van der Waals surface area contributed by atoms with Crippen LogP contribution in [0.15, 0.2) is 52.2 Å². The summed E-state index contributed by atoms with van der Waals surface area (Å²) in [7, 11) is 0. The molecule has 0 atom stereocenters. The van der Waals surface area contributed by atoms with Crippen LogP contribution in [0.5, 0.6) is 0 Å². The molecule has 2 aromatic carbocycles. The van der Waals surface area contributed by atoms with E-state index in [2.05, 4.69) is 15.3 Å². The first-order chi connectivity index (χ1) is 16.3. The number of carbonyl (C=O) groups is 3. The lowest BCUT2D eigenvalue weighted by Gasteiger charge is -2.13. The molecule has 174 valence electrons. The summed E-state index contributed by atoms with van der Waals surface area (Å²) in [5.41, 5.74) is 0.842. The van der Waals surface area contributed by atoms with Crippen molar-refractivity contribution >= 4 is 69.0 Å². The fraction of sp³-hybridized carbons (Fsp3) is 0.174. The van der Waals surface area contributed by atoms with E-state index in [-0.39, 0.29) is 42.3 Å². The fourth-order valence-electron chi connectivity index (χ4n) is 3.35. The predicted octanol–water partition coefficient (Wildman–Crippen LogP) is 4.02. The number of thioether (sulfide) groups is 1. The molecule has 0 bridgehead atoms.